The average molecular weight is 341 g/mol. The Balaban J connectivity index is 2.26. The minimum absolute atomic E-state index is 0.807. The predicted molar refractivity (Wildman–Crippen MR) is 99.5 cm³/mol. The second kappa shape index (κ2) is 5.58. The number of para-hydroxylation sites is 1. The molecule has 0 N–H and O–H groups in total. The molecule has 116 valence electrons. The summed E-state index contributed by atoms with van der Waals surface area (Å²) in [6, 6.07) is 12.3. The second-order valence-electron chi connectivity index (χ2n) is 5.15. The quantitative estimate of drug-likeness (QED) is 0.471. The zero-order valence-electron chi connectivity index (χ0n) is 13.0. The van der Waals surface area contributed by atoms with Crippen molar-refractivity contribution in [2.75, 3.05) is 20.5 Å². The van der Waals surface area contributed by atoms with Crippen LogP contribution in [0.15, 0.2) is 41.4 Å². The first-order valence-electron chi connectivity index (χ1n) is 7.17. The smallest absolute Gasteiger partial charge is 0.145 e. The maximum atomic E-state index is 5.52. The van der Waals surface area contributed by atoms with Crippen molar-refractivity contribution in [1.82, 2.24) is 4.98 Å². The van der Waals surface area contributed by atoms with Gasteiger partial charge in [-0.25, -0.2) is 4.98 Å². The number of ether oxygens (including phenoxy) is 2. The highest BCUT2D eigenvalue weighted by Crippen LogP contribution is 2.44. The van der Waals surface area contributed by atoms with E-state index < -0.39 is 0 Å². The van der Waals surface area contributed by atoms with E-state index in [2.05, 4.69) is 24.5 Å². The topological polar surface area (TPSA) is 31.4 Å². The summed E-state index contributed by atoms with van der Waals surface area (Å²) in [5, 5.41) is 4.60. The summed E-state index contributed by atoms with van der Waals surface area (Å²) in [5.74, 6) is 1.68. The van der Waals surface area contributed by atoms with Crippen molar-refractivity contribution in [1.29, 1.82) is 0 Å². The lowest BCUT2D eigenvalue weighted by Gasteiger charge is -2.08. The van der Waals surface area contributed by atoms with Gasteiger partial charge in [-0.3, -0.25) is 0 Å². The number of thioether (sulfide) groups is 1. The van der Waals surface area contributed by atoms with Gasteiger partial charge in [0.25, 0.3) is 0 Å². The highest BCUT2D eigenvalue weighted by Gasteiger charge is 2.16. The molecule has 0 spiro atoms. The Hall–Kier alpha value is -1.98. The van der Waals surface area contributed by atoms with E-state index in [9.17, 15) is 0 Å². The van der Waals surface area contributed by atoms with Gasteiger partial charge >= 0.3 is 0 Å². The number of hydrogen-bond acceptors (Lipinski definition) is 5. The lowest BCUT2D eigenvalue weighted by molar-refractivity contribution is 0.415. The van der Waals surface area contributed by atoms with E-state index in [0.29, 0.717) is 0 Å². The zero-order valence-corrected chi connectivity index (χ0v) is 14.7. The Bertz CT molecular complexity index is 1040. The molecular weight excluding hydrogens is 326 g/mol. The van der Waals surface area contributed by atoms with Crippen LogP contribution in [0.1, 0.15) is 0 Å². The van der Waals surface area contributed by atoms with Gasteiger partial charge < -0.3 is 9.47 Å². The maximum absolute atomic E-state index is 5.52. The number of hydrogen-bond donors (Lipinski definition) is 0. The van der Waals surface area contributed by atoms with Crippen LogP contribution in [0.3, 0.4) is 0 Å². The number of rotatable bonds is 3. The molecular formula is C18H15NO2S2. The fourth-order valence-corrected chi connectivity index (χ4v) is 4.84. The Morgan fingerprint density at radius 1 is 1.04 bits per heavy atom. The highest BCUT2D eigenvalue weighted by atomic mass is 32.2. The fraction of sp³-hybridized carbons (Fsp3) is 0.167. The molecule has 2 heterocycles. The summed E-state index contributed by atoms with van der Waals surface area (Å²) in [6.45, 7) is 0. The number of methoxy groups -OCH3 is 2. The van der Waals surface area contributed by atoms with E-state index in [1.807, 2.05) is 18.2 Å². The SMILES string of the molecule is COc1ccc2sc3c(SC)nc4c(OC)cccc4c3c2c1. The van der Waals surface area contributed by atoms with E-state index in [0.717, 1.165) is 27.4 Å². The summed E-state index contributed by atoms with van der Waals surface area (Å²) < 4.78 is 13.4. The van der Waals surface area contributed by atoms with Gasteiger partial charge in [0.15, 0.2) is 0 Å². The van der Waals surface area contributed by atoms with Crippen molar-refractivity contribution in [3.05, 3.63) is 36.4 Å². The Labute approximate surface area is 142 Å². The molecule has 0 aliphatic heterocycles. The van der Waals surface area contributed by atoms with Crippen LogP contribution in [-0.4, -0.2) is 25.5 Å². The molecule has 0 aliphatic carbocycles. The predicted octanol–water partition coefficient (Wildman–Crippen LogP) is 5.34. The van der Waals surface area contributed by atoms with Crippen molar-refractivity contribution < 1.29 is 9.47 Å². The molecule has 2 aromatic heterocycles. The molecule has 2 aromatic carbocycles. The third-order valence-electron chi connectivity index (χ3n) is 3.98. The van der Waals surface area contributed by atoms with E-state index in [4.69, 9.17) is 14.5 Å². The minimum atomic E-state index is 0.807. The summed E-state index contributed by atoms with van der Waals surface area (Å²) in [6.07, 6.45) is 2.06. The number of aromatic nitrogens is 1. The molecule has 3 nitrogen and oxygen atoms in total. The van der Waals surface area contributed by atoms with Gasteiger partial charge in [0.05, 0.1) is 18.9 Å². The number of thiophene rings is 1. The van der Waals surface area contributed by atoms with Crippen LogP contribution in [0.4, 0.5) is 0 Å². The van der Waals surface area contributed by atoms with Crippen molar-refractivity contribution in [3.8, 4) is 11.5 Å². The number of benzene rings is 2. The van der Waals surface area contributed by atoms with Crippen LogP contribution in [-0.2, 0) is 0 Å². The lowest BCUT2D eigenvalue weighted by Crippen LogP contribution is -1.90. The van der Waals surface area contributed by atoms with Crippen LogP contribution in [0.5, 0.6) is 11.5 Å². The van der Waals surface area contributed by atoms with Gasteiger partial charge in [0.1, 0.15) is 22.0 Å². The van der Waals surface area contributed by atoms with E-state index in [1.54, 1.807) is 37.3 Å². The van der Waals surface area contributed by atoms with Crippen LogP contribution in [0.2, 0.25) is 0 Å². The molecule has 0 saturated carbocycles. The minimum Gasteiger partial charge on any atom is -0.497 e. The van der Waals surface area contributed by atoms with Crippen molar-refractivity contribution in [2.45, 2.75) is 5.03 Å². The zero-order chi connectivity index (χ0) is 16.0. The molecule has 5 heteroatoms. The van der Waals surface area contributed by atoms with Gasteiger partial charge in [-0.05, 0) is 30.5 Å². The third-order valence-corrected chi connectivity index (χ3v) is 5.97. The van der Waals surface area contributed by atoms with Gasteiger partial charge in [-0.1, -0.05) is 12.1 Å². The number of fused-ring (bicyclic) bond motifs is 5. The molecule has 0 aliphatic rings. The molecule has 4 rings (SSSR count). The van der Waals surface area contributed by atoms with Crippen LogP contribution in [0.25, 0.3) is 31.1 Å². The summed E-state index contributed by atoms with van der Waals surface area (Å²) >= 11 is 3.45. The van der Waals surface area contributed by atoms with Gasteiger partial charge in [-0.15, -0.1) is 23.1 Å². The molecule has 0 saturated heterocycles. The summed E-state index contributed by atoms with van der Waals surface area (Å²) in [5.41, 5.74) is 0.911. The summed E-state index contributed by atoms with van der Waals surface area (Å²) in [7, 11) is 3.39. The first-order valence-corrected chi connectivity index (χ1v) is 9.22. The maximum Gasteiger partial charge on any atom is 0.145 e. The van der Waals surface area contributed by atoms with Gasteiger partial charge in [0.2, 0.25) is 0 Å². The molecule has 23 heavy (non-hydrogen) atoms. The number of pyridine rings is 1. The molecule has 0 fully saturated rings. The van der Waals surface area contributed by atoms with Crippen molar-refractivity contribution in [2.24, 2.45) is 0 Å². The lowest BCUT2D eigenvalue weighted by atomic mass is 10.1. The highest BCUT2D eigenvalue weighted by molar-refractivity contribution is 7.98. The average Bonchev–Trinajstić information content (AvgIpc) is 2.99. The molecule has 0 unspecified atom stereocenters. The molecule has 0 bridgehead atoms. The first kappa shape index (κ1) is 14.6. The molecule has 0 radical (unpaired) electrons. The molecule has 4 aromatic rings. The molecule has 0 amide bonds. The van der Waals surface area contributed by atoms with Crippen molar-refractivity contribution in [3.63, 3.8) is 0 Å². The Morgan fingerprint density at radius 2 is 1.91 bits per heavy atom. The normalized spacial score (nSPS) is 11.4. The fourth-order valence-electron chi connectivity index (χ4n) is 2.92. The van der Waals surface area contributed by atoms with E-state index in [-0.39, 0.29) is 0 Å². The number of nitrogens with zero attached hydrogens (tertiary/aromatic N) is 1. The third kappa shape index (κ3) is 2.15. The van der Waals surface area contributed by atoms with Gasteiger partial charge in [0, 0.05) is 20.9 Å². The Kier molecular flexibility index (Phi) is 3.54. The second-order valence-corrected chi connectivity index (χ2v) is 6.99. The van der Waals surface area contributed by atoms with Crippen LogP contribution >= 0.6 is 23.1 Å². The largest absolute Gasteiger partial charge is 0.497 e. The van der Waals surface area contributed by atoms with Crippen LogP contribution in [0, 0.1) is 0 Å². The Morgan fingerprint density at radius 3 is 2.65 bits per heavy atom. The van der Waals surface area contributed by atoms with Gasteiger partial charge in [-0.2, -0.15) is 0 Å². The first-order chi connectivity index (χ1) is 11.3. The standard InChI is InChI=1S/C18H15NO2S2/c1-20-10-7-8-14-12(9-10)15-11-5-4-6-13(21-2)16(11)19-18(22-3)17(15)23-14/h4-9H,1-3H3. The van der Waals surface area contributed by atoms with E-state index >= 15 is 0 Å². The van der Waals surface area contributed by atoms with E-state index in [1.165, 1.54) is 20.2 Å². The monoisotopic (exact) mass is 341 g/mol. The molecule has 0 atom stereocenters. The van der Waals surface area contributed by atoms with Crippen molar-refractivity contribution >= 4 is 54.2 Å². The summed E-state index contributed by atoms with van der Waals surface area (Å²) in [4.78, 5) is 4.85. The van der Waals surface area contributed by atoms with Crippen LogP contribution < -0.4 is 9.47 Å².